The summed E-state index contributed by atoms with van der Waals surface area (Å²) in [6, 6.07) is 0.256. The largest absolute Gasteiger partial charge is 0.392 e. The molecule has 1 unspecified atom stereocenters. The molecule has 4 nitrogen and oxygen atoms in total. The van der Waals surface area contributed by atoms with Crippen LogP contribution in [0.25, 0.3) is 0 Å². The zero-order chi connectivity index (χ0) is 11.4. The van der Waals surface area contributed by atoms with Gasteiger partial charge in [-0.05, 0) is 20.8 Å². The van der Waals surface area contributed by atoms with E-state index in [-0.39, 0.29) is 11.8 Å². The third-order valence-corrected chi connectivity index (χ3v) is 2.90. The van der Waals surface area contributed by atoms with E-state index < -0.39 is 15.9 Å². The van der Waals surface area contributed by atoms with E-state index in [4.69, 9.17) is 0 Å². The van der Waals surface area contributed by atoms with Crippen molar-refractivity contribution in [2.45, 2.75) is 32.9 Å². The Balaban J connectivity index is 4.11. The molecule has 0 spiro atoms. The van der Waals surface area contributed by atoms with Crippen molar-refractivity contribution < 1.29 is 13.5 Å². The van der Waals surface area contributed by atoms with Gasteiger partial charge in [-0.1, -0.05) is 0 Å². The van der Waals surface area contributed by atoms with Gasteiger partial charge in [-0.3, -0.25) is 4.90 Å². The Morgan fingerprint density at radius 2 is 1.79 bits per heavy atom. The lowest BCUT2D eigenvalue weighted by atomic mass is 10.3. The number of hydrogen-bond acceptors (Lipinski definition) is 4. The molecule has 0 aromatic carbocycles. The molecule has 0 aliphatic heterocycles. The Morgan fingerprint density at radius 3 is 2.07 bits per heavy atom. The van der Waals surface area contributed by atoms with Gasteiger partial charge in [0.25, 0.3) is 0 Å². The van der Waals surface area contributed by atoms with E-state index in [0.717, 1.165) is 0 Å². The molecular weight excluding hydrogens is 202 g/mol. The summed E-state index contributed by atoms with van der Waals surface area (Å²) in [5.74, 6) is 0.151. The molecule has 0 saturated heterocycles. The molecule has 14 heavy (non-hydrogen) atoms. The van der Waals surface area contributed by atoms with Gasteiger partial charge in [0.2, 0.25) is 0 Å². The maximum atomic E-state index is 11.0. The number of rotatable bonds is 6. The molecule has 1 N–H and O–H groups in total. The third kappa shape index (κ3) is 7.29. The number of hydrogen-bond donors (Lipinski definition) is 1. The standard InChI is InChI=1S/C9H21NO3S/c1-8(2)10(7-9(3)11)5-6-14(4,12)13/h8-9,11H,5-7H2,1-4H3. The molecule has 0 radical (unpaired) electrons. The molecule has 1 atom stereocenters. The van der Waals surface area contributed by atoms with Crippen LogP contribution in [0, 0.1) is 0 Å². The van der Waals surface area contributed by atoms with Gasteiger partial charge < -0.3 is 5.11 Å². The molecular formula is C9H21NO3S. The van der Waals surface area contributed by atoms with Crippen LogP contribution in [0.4, 0.5) is 0 Å². The highest BCUT2D eigenvalue weighted by Crippen LogP contribution is 2.00. The minimum absolute atomic E-state index is 0.151. The lowest BCUT2D eigenvalue weighted by molar-refractivity contribution is 0.112. The Hall–Kier alpha value is -0.130. The van der Waals surface area contributed by atoms with E-state index in [1.807, 2.05) is 18.7 Å². The number of aliphatic hydroxyl groups is 1. The van der Waals surface area contributed by atoms with Crippen molar-refractivity contribution in [1.29, 1.82) is 0 Å². The van der Waals surface area contributed by atoms with Crippen molar-refractivity contribution in [3.8, 4) is 0 Å². The summed E-state index contributed by atoms with van der Waals surface area (Å²) in [4.78, 5) is 1.96. The zero-order valence-corrected chi connectivity index (χ0v) is 10.2. The van der Waals surface area contributed by atoms with Crippen LogP contribution in [0.3, 0.4) is 0 Å². The van der Waals surface area contributed by atoms with Crippen LogP contribution >= 0.6 is 0 Å². The minimum atomic E-state index is -2.91. The average Bonchev–Trinajstić information content (AvgIpc) is 1.94. The van der Waals surface area contributed by atoms with E-state index in [9.17, 15) is 13.5 Å². The summed E-state index contributed by atoms with van der Waals surface area (Å²) in [6.45, 7) is 6.69. The van der Waals surface area contributed by atoms with Crippen LogP contribution in [0.15, 0.2) is 0 Å². The van der Waals surface area contributed by atoms with Crippen molar-refractivity contribution in [2.24, 2.45) is 0 Å². The number of sulfone groups is 1. The van der Waals surface area contributed by atoms with Crippen molar-refractivity contribution >= 4 is 9.84 Å². The monoisotopic (exact) mass is 223 g/mol. The molecule has 0 saturated carbocycles. The van der Waals surface area contributed by atoms with Gasteiger partial charge in [-0.25, -0.2) is 8.42 Å². The average molecular weight is 223 g/mol. The Morgan fingerprint density at radius 1 is 1.29 bits per heavy atom. The van der Waals surface area contributed by atoms with Crippen molar-refractivity contribution in [3.05, 3.63) is 0 Å². The summed E-state index contributed by atoms with van der Waals surface area (Å²) in [5, 5.41) is 9.21. The first kappa shape index (κ1) is 13.9. The summed E-state index contributed by atoms with van der Waals surface area (Å²) in [5.41, 5.74) is 0. The van der Waals surface area contributed by atoms with Crippen LogP contribution < -0.4 is 0 Å². The van der Waals surface area contributed by atoms with Crippen molar-refractivity contribution in [3.63, 3.8) is 0 Å². The number of nitrogens with zero attached hydrogens (tertiary/aromatic N) is 1. The smallest absolute Gasteiger partial charge is 0.148 e. The minimum Gasteiger partial charge on any atom is -0.392 e. The van der Waals surface area contributed by atoms with Gasteiger partial charge >= 0.3 is 0 Å². The quantitative estimate of drug-likeness (QED) is 0.695. The van der Waals surface area contributed by atoms with Gasteiger partial charge in [0.15, 0.2) is 0 Å². The first-order valence-electron chi connectivity index (χ1n) is 4.82. The molecule has 0 aliphatic rings. The second kappa shape index (κ2) is 5.68. The van der Waals surface area contributed by atoms with Crippen LogP contribution in [-0.2, 0) is 9.84 Å². The van der Waals surface area contributed by atoms with Crippen LogP contribution in [0.2, 0.25) is 0 Å². The van der Waals surface area contributed by atoms with E-state index in [2.05, 4.69) is 0 Å². The van der Waals surface area contributed by atoms with Gasteiger partial charge in [-0.15, -0.1) is 0 Å². The summed E-state index contributed by atoms with van der Waals surface area (Å²) in [7, 11) is -2.91. The van der Waals surface area contributed by atoms with E-state index in [1.54, 1.807) is 6.92 Å². The molecule has 0 amide bonds. The predicted octanol–water partition coefficient (Wildman–Crippen LogP) is 0.122. The zero-order valence-electron chi connectivity index (χ0n) is 9.40. The number of aliphatic hydroxyl groups excluding tert-OH is 1. The molecule has 0 rings (SSSR count). The SMILES string of the molecule is CC(O)CN(CCS(C)(=O)=O)C(C)C. The van der Waals surface area contributed by atoms with Crippen LogP contribution in [0.1, 0.15) is 20.8 Å². The lowest BCUT2D eigenvalue weighted by Crippen LogP contribution is -2.39. The Bertz CT molecular complexity index is 247. The maximum Gasteiger partial charge on any atom is 0.148 e. The topological polar surface area (TPSA) is 57.6 Å². The third-order valence-electron chi connectivity index (χ3n) is 1.98. The second-order valence-corrected chi connectivity index (χ2v) is 6.33. The molecule has 0 aliphatic carbocycles. The molecule has 0 heterocycles. The fourth-order valence-electron chi connectivity index (χ4n) is 1.18. The van der Waals surface area contributed by atoms with Crippen LogP contribution in [-0.4, -0.2) is 55.7 Å². The molecule has 0 aromatic rings. The fraction of sp³-hybridized carbons (Fsp3) is 1.00. The summed E-state index contributed by atoms with van der Waals surface area (Å²) in [6.07, 6.45) is 0.811. The molecule has 86 valence electrons. The first-order valence-corrected chi connectivity index (χ1v) is 6.88. The first-order chi connectivity index (χ1) is 6.22. The maximum absolute atomic E-state index is 11.0. The summed E-state index contributed by atoms with van der Waals surface area (Å²) < 4.78 is 21.9. The highest BCUT2D eigenvalue weighted by atomic mass is 32.2. The van der Waals surface area contributed by atoms with Crippen molar-refractivity contribution in [2.75, 3.05) is 25.1 Å². The van der Waals surface area contributed by atoms with E-state index in [1.165, 1.54) is 6.26 Å². The molecule has 0 fully saturated rings. The normalized spacial score (nSPS) is 15.1. The highest BCUT2D eigenvalue weighted by Gasteiger charge is 2.14. The van der Waals surface area contributed by atoms with Crippen LogP contribution in [0.5, 0.6) is 0 Å². The molecule has 0 aromatic heterocycles. The predicted molar refractivity (Wildman–Crippen MR) is 58.1 cm³/mol. The Kier molecular flexibility index (Phi) is 5.63. The fourth-order valence-corrected chi connectivity index (χ4v) is 1.75. The lowest BCUT2D eigenvalue weighted by Gasteiger charge is -2.27. The second-order valence-electron chi connectivity index (χ2n) is 4.07. The molecule has 0 bridgehead atoms. The van der Waals surface area contributed by atoms with Gasteiger partial charge in [0, 0.05) is 25.4 Å². The van der Waals surface area contributed by atoms with E-state index in [0.29, 0.717) is 13.1 Å². The molecule has 5 heteroatoms. The van der Waals surface area contributed by atoms with Gasteiger partial charge in [0.05, 0.1) is 11.9 Å². The van der Waals surface area contributed by atoms with Gasteiger partial charge in [-0.2, -0.15) is 0 Å². The van der Waals surface area contributed by atoms with Crippen molar-refractivity contribution in [1.82, 2.24) is 4.90 Å². The Labute approximate surface area is 86.8 Å². The van der Waals surface area contributed by atoms with Gasteiger partial charge in [0.1, 0.15) is 9.84 Å². The highest BCUT2D eigenvalue weighted by molar-refractivity contribution is 7.90. The van der Waals surface area contributed by atoms with E-state index >= 15 is 0 Å². The summed E-state index contributed by atoms with van der Waals surface area (Å²) >= 11 is 0.